The predicted molar refractivity (Wildman–Crippen MR) is 71.0 cm³/mol. The standard InChI is InChI=1S/C14H18N2O/c1-2-3-9-14(17)16-10-5-6-11-12(15)7-4-8-13(11)16/h2,4,7-8H,1,3,5-6,9-10,15H2. The molecule has 2 N–H and O–H groups in total. The summed E-state index contributed by atoms with van der Waals surface area (Å²) in [6, 6.07) is 5.79. The third kappa shape index (κ3) is 2.33. The van der Waals surface area contributed by atoms with Crippen molar-refractivity contribution in [3.05, 3.63) is 36.4 Å². The summed E-state index contributed by atoms with van der Waals surface area (Å²) in [4.78, 5) is 13.9. The molecule has 17 heavy (non-hydrogen) atoms. The number of nitrogens with two attached hydrogens (primary N) is 1. The summed E-state index contributed by atoms with van der Waals surface area (Å²) in [5.41, 5.74) is 8.85. The summed E-state index contributed by atoms with van der Waals surface area (Å²) < 4.78 is 0. The van der Waals surface area contributed by atoms with E-state index in [0.717, 1.165) is 42.7 Å². The number of anilines is 2. The topological polar surface area (TPSA) is 46.3 Å². The van der Waals surface area contributed by atoms with E-state index in [9.17, 15) is 4.79 Å². The van der Waals surface area contributed by atoms with Crippen molar-refractivity contribution in [1.82, 2.24) is 0 Å². The molecule has 0 atom stereocenters. The van der Waals surface area contributed by atoms with Gasteiger partial charge in [-0.25, -0.2) is 0 Å². The van der Waals surface area contributed by atoms with Crippen molar-refractivity contribution in [2.75, 3.05) is 17.2 Å². The lowest BCUT2D eigenvalue weighted by molar-refractivity contribution is -0.118. The molecule has 1 aromatic rings. The van der Waals surface area contributed by atoms with E-state index in [4.69, 9.17) is 5.73 Å². The van der Waals surface area contributed by atoms with E-state index in [1.54, 1.807) is 6.08 Å². The maximum Gasteiger partial charge on any atom is 0.227 e. The fourth-order valence-corrected chi connectivity index (χ4v) is 2.27. The van der Waals surface area contributed by atoms with Gasteiger partial charge in [0, 0.05) is 24.3 Å². The molecule has 1 aliphatic rings. The number of nitrogen functional groups attached to an aromatic ring is 1. The molecule has 0 bridgehead atoms. The monoisotopic (exact) mass is 230 g/mol. The van der Waals surface area contributed by atoms with Gasteiger partial charge in [0.15, 0.2) is 0 Å². The second-order valence-corrected chi connectivity index (χ2v) is 4.32. The molecule has 1 aliphatic heterocycles. The van der Waals surface area contributed by atoms with Gasteiger partial charge in [0.25, 0.3) is 0 Å². The molecule has 90 valence electrons. The number of fused-ring (bicyclic) bond motifs is 1. The van der Waals surface area contributed by atoms with Crippen LogP contribution in [0, 0.1) is 0 Å². The Morgan fingerprint density at radius 1 is 1.53 bits per heavy atom. The second kappa shape index (κ2) is 5.04. The van der Waals surface area contributed by atoms with Crippen molar-refractivity contribution in [2.45, 2.75) is 25.7 Å². The highest BCUT2D eigenvalue weighted by molar-refractivity contribution is 5.95. The molecule has 3 nitrogen and oxygen atoms in total. The van der Waals surface area contributed by atoms with Crippen molar-refractivity contribution < 1.29 is 4.79 Å². The van der Waals surface area contributed by atoms with Crippen molar-refractivity contribution in [2.24, 2.45) is 0 Å². The zero-order valence-corrected chi connectivity index (χ0v) is 9.98. The molecule has 0 aliphatic carbocycles. The molecule has 1 aromatic carbocycles. The van der Waals surface area contributed by atoms with Crippen LogP contribution in [-0.2, 0) is 11.2 Å². The normalized spacial score (nSPS) is 14.2. The Morgan fingerprint density at radius 3 is 3.12 bits per heavy atom. The van der Waals surface area contributed by atoms with Gasteiger partial charge in [-0.05, 0) is 37.0 Å². The summed E-state index contributed by atoms with van der Waals surface area (Å²) in [6.45, 7) is 4.44. The summed E-state index contributed by atoms with van der Waals surface area (Å²) in [6.07, 6.45) is 4.99. The number of benzene rings is 1. The van der Waals surface area contributed by atoms with Crippen LogP contribution in [0.5, 0.6) is 0 Å². The lowest BCUT2D eigenvalue weighted by Gasteiger charge is -2.30. The summed E-state index contributed by atoms with van der Waals surface area (Å²) in [5.74, 6) is 0.163. The second-order valence-electron chi connectivity index (χ2n) is 4.32. The highest BCUT2D eigenvalue weighted by Gasteiger charge is 2.22. The van der Waals surface area contributed by atoms with E-state index in [2.05, 4.69) is 6.58 Å². The largest absolute Gasteiger partial charge is 0.398 e. The zero-order chi connectivity index (χ0) is 12.3. The lowest BCUT2D eigenvalue weighted by atomic mass is 9.99. The van der Waals surface area contributed by atoms with E-state index < -0.39 is 0 Å². The van der Waals surface area contributed by atoms with Gasteiger partial charge in [-0.3, -0.25) is 4.79 Å². The molecule has 0 fully saturated rings. The fraction of sp³-hybridized carbons (Fsp3) is 0.357. The van der Waals surface area contributed by atoms with Crippen LogP contribution >= 0.6 is 0 Å². The van der Waals surface area contributed by atoms with Crippen LogP contribution < -0.4 is 10.6 Å². The summed E-state index contributed by atoms with van der Waals surface area (Å²) >= 11 is 0. The van der Waals surface area contributed by atoms with Gasteiger partial charge >= 0.3 is 0 Å². The maximum atomic E-state index is 12.1. The minimum atomic E-state index is 0.163. The first-order chi connectivity index (χ1) is 8.24. The maximum absolute atomic E-state index is 12.1. The Kier molecular flexibility index (Phi) is 3.47. The van der Waals surface area contributed by atoms with Crippen LogP contribution in [0.2, 0.25) is 0 Å². The molecule has 0 unspecified atom stereocenters. The summed E-state index contributed by atoms with van der Waals surface area (Å²) in [7, 11) is 0. The highest BCUT2D eigenvalue weighted by atomic mass is 16.2. The van der Waals surface area contributed by atoms with Crippen LogP contribution in [0.15, 0.2) is 30.9 Å². The van der Waals surface area contributed by atoms with Gasteiger partial charge in [-0.2, -0.15) is 0 Å². The Morgan fingerprint density at radius 2 is 2.35 bits per heavy atom. The Balaban J connectivity index is 2.25. The highest BCUT2D eigenvalue weighted by Crippen LogP contribution is 2.31. The molecule has 1 heterocycles. The van der Waals surface area contributed by atoms with Crippen molar-refractivity contribution in [1.29, 1.82) is 0 Å². The first-order valence-corrected chi connectivity index (χ1v) is 6.02. The number of hydrogen-bond donors (Lipinski definition) is 1. The minimum absolute atomic E-state index is 0.163. The molecule has 0 aromatic heterocycles. The third-order valence-corrected chi connectivity index (χ3v) is 3.15. The van der Waals surface area contributed by atoms with Crippen LogP contribution in [-0.4, -0.2) is 12.5 Å². The number of amides is 1. The molecule has 2 rings (SSSR count). The van der Waals surface area contributed by atoms with Gasteiger partial charge in [-0.1, -0.05) is 12.1 Å². The fourth-order valence-electron chi connectivity index (χ4n) is 2.27. The quantitative estimate of drug-likeness (QED) is 0.640. The molecule has 1 amide bonds. The van der Waals surface area contributed by atoms with Gasteiger partial charge < -0.3 is 10.6 Å². The molecular formula is C14H18N2O. The first-order valence-electron chi connectivity index (χ1n) is 6.02. The molecular weight excluding hydrogens is 212 g/mol. The number of carbonyl (C=O) groups is 1. The van der Waals surface area contributed by atoms with E-state index in [0.29, 0.717) is 6.42 Å². The molecule has 3 heteroatoms. The average molecular weight is 230 g/mol. The number of hydrogen-bond acceptors (Lipinski definition) is 2. The number of carbonyl (C=O) groups excluding carboxylic acids is 1. The molecule has 0 saturated carbocycles. The zero-order valence-electron chi connectivity index (χ0n) is 9.98. The van der Waals surface area contributed by atoms with E-state index >= 15 is 0 Å². The smallest absolute Gasteiger partial charge is 0.227 e. The van der Waals surface area contributed by atoms with Crippen LogP contribution in [0.1, 0.15) is 24.8 Å². The minimum Gasteiger partial charge on any atom is -0.398 e. The van der Waals surface area contributed by atoms with Crippen LogP contribution in [0.4, 0.5) is 11.4 Å². The Labute approximate surface area is 102 Å². The molecule has 0 radical (unpaired) electrons. The van der Waals surface area contributed by atoms with Crippen molar-refractivity contribution >= 4 is 17.3 Å². The lowest BCUT2D eigenvalue weighted by Crippen LogP contribution is -2.35. The van der Waals surface area contributed by atoms with Crippen molar-refractivity contribution in [3.63, 3.8) is 0 Å². The van der Waals surface area contributed by atoms with Crippen LogP contribution in [0.3, 0.4) is 0 Å². The van der Waals surface area contributed by atoms with Gasteiger partial charge in [0.1, 0.15) is 0 Å². The Hall–Kier alpha value is -1.77. The van der Waals surface area contributed by atoms with E-state index in [-0.39, 0.29) is 5.91 Å². The third-order valence-electron chi connectivity index (χ3n) is 3.15. The average Bonchev–Trinajstić information content (AvgIpc) is 2.36. The van der Waals surface area contributed by atoms with E-state index in [1.807, 2.05) is 23.1 Å². The van der Waals surface area contributed by atoms with Gasteiger partial charge in [-0.15, -0.1) is 6.58 Å². The van der Waals surface area contributed by atoms with Crippen molar-refractivity contribution in [3.8, 4) is 0 Å². The van der Waals surface area contributed by atoms with Gasteiger partial charge in [0.05, 0.1) is 0 Å². The molecule has 0 saturated heterocycles. The summed E-state index contributed by atoms with van der Waals surface area (Å²) in [5, 5.41) is 0. The number of allylic oxidation sites excluding steroid dienone is 1. The number of nitrogens with zero attached hydrogens (tertiary/aromatic N) is 1. The first kappa shape index (κ1) is 11.7. The Bertz CT molecular complexity index is 440. The van der Waals surface area contributed by atoms with Gasteiger partial charge in [0.2, 0.25) is 5.91 Å². The van der Waals surface area contributed by atoms with Crippen LogP contribution in [0.25, 0.3) is 0 Å². The predicted octanol–water partition coefficient (Wildman–Crippen LogP) is 2.51. The molecule has 0 spiro atoms. The number of rotatable bonds is 3. The SMILES string of the molecule is C=CCCC(=O)N1CCCc2c(N)cccc21. The van der Waals surface area contributed by atoms with E-state index in [1.165, 1.54) is 0 Å².